The van der Waals surface area contributed by atoms with E-state index in [4.69, 9.17) is 5.84 Å². The minimum atomic E-state index is 0.592. The van der Waals surface area contributed by atoms with Gasteiger partial charge >= 0.3 is 0 Å². The average molecular weight is 243 g/mol. The fourth-order valence-corrected chi connectivity index (χ4v) is 1.67. The monoisotopic (exact) mass is 243 g/mol. The van der Waals surface area contributed by atoms with Crippen LogP contribution in [0.2, 0.25) is 0 Å². The van der Waals surface area contributed by atoms with E-state index in [1.807, 2.05) is 13.0 Å². The Labute approximate surface area is 106 Å². The zero-order valence-electron chi connectivity index (χ0n) is 10.8. The average Bonchev–Trinajstić information content (AvgIpc) is 2.33. The molecule has 0 radical (unpaired) electrons. The second-order valence-corrected chi connectivity index (χ2v) is 4.25. The van der Waals surface area contributed by atoms with Gasteiger partial charge in [0.05, 0.1) is 0 Å². The van der Waals surface area contributed by atoms with Crippen LogP contribution in [0.5, 0.6) is 0 Å². The van der Waals surface area contributed by atoms with Gasteiger partial charge in [0.1, 0.15) is 17.5 Å². The second-order valence-electron chi connectivity index (χ2n) is 4.25. The van der Waals surface area contributed by atoms with Crippen LogP contribution in [-0.4, -0.2) is 9.97 Å². The van der Waals surface area contributed by atoms with E-state index >= 15 is 0 Å². The first-order chi connectivity index (χ1) is 8.58. The maximum atomic E-state index is 5.36. The lowest BCUT2D eigenvalue weighted by Gasteiger charge is -2.09. The number of anilines is 3. The summed E-state index contributed by atoms with van der Waals surface area (Å²) in [5.41, 5.74) is 6.03. The van der Waals surface area contributed by atoms with Gasteiger partial charge in [0.25, 0.3) is 0 Å². The first-order valence-corrected chi connectivity index (χ1v) is 5.75. The van der Waals surface area contributed by atoms with Gasteiger partial charge in [-0.2, -0.15) is 0 Å². The molecule has 94 valence electrons. The molecule has 5 heteroatoms. The van der Waals surface area contributed by atoms with E-state index in [1.54, 1.807) is 6.07 Å². The Balaban J connectivity index is 2.27. The molecule has 0 bridgehead atoms. The highest BCUT2D eigenvalue weighted by Gasteiger charge is 2.02. The molecule has 2 aromatic rings. The lowest BCUT2D eigenvalue weighted by atomic mass is 10.1. The Kier molecular flexibility index (Phi) is 3.43. The van der Waals surface area contributed by atoms with Gasteiger partial charge in [-0.05, 0) is 44.0 Å². The lowest BCUT2D eigenvalue weighted by molar-refractivity contribution is 1.05. The van der Waals surface area contributed by atoms with Crippen LogP contribution in [-0.2, 0) is 0 Å². The van der Waals surface area contributed by atoms with Gasteiger partial charge in [0.15, 0.2) is 0 Å². The summed E-state index contributed by atoms with van der Waals surface area (Å²) in [5, 5.41) is 3.24. The molecule has 0 aliphatic heterocycles. The fourth-order valence-electron chi connectivity index (χ4n) is 1.67. The first kappa shape index (κ1) is 12.3. The zero-order valence-corrected chi connectivity index (χ0v) is 10.8. The van der Waals surface area contributed by atoms with Crippen LogP contribution in [0, 0.1) is 20.8 Å². The molecular weight excluding hydrogens is 226 g/mol. The molecule has 4 N–H and O–H groups in total. The fraction of sp³-hybridized carbons (Fsp3) is 0.231. The number of hydrogen-bond donors (Lipinski definition) is 3. The number of aryl methyl sites for hydroxylation is 3. The summed E-state index contributed by atoms with van der Waals surface area (Å²) in [5.74, 6) is 7.33. The topological polar surface area (TPSA) is 75.9 Å². The molecule has 0 unspecified atom stereocenters. The summed E-state index contributed by atoms with van der Waals surface area (Å²) in [6, 6.07) is 7.95. The molecule has 0 fully saturated rings. The number of rotatable bonds is 3. The Morgan fingerprint density at radius 2 is 1.67 bits per heavy atom. The molecule has 0 saturated heterocycles. The Bertz CT molecular complexity index is 565. The molecule has 0 amide bonds. The highest BCUT2D eigenvalue weighted by atomic mass is 15.3. The van der Waals surface area contributed by atoms with Crippen LogP contribution in [0.15, 0.2) is 24.3 Å². The van der Waals surface area contributed by atoms with Crippen LogP contribution >= 0.6 is 0 Å². The number of nitrogens with zero attached hydrogens (tertiary/aromatic N) is 2. The minimum absolute atomic E-state index is 0.592. The van der Waals surface area contributed by atoms with Crippen molar-refractivity contribution < 1.29 is 0 Å². The van der Waals surface area contributed by atoms with Crippen molar-refractivity contribution in [3.63, 3.8) is 0 Å². The molecule has 1 aromatic heterocycles. The van der Waals surface area contributed by atoms with Gasteiger partial charge in [-0.25, -0.2) is 15.8 Å². The third-order valence-corrected chi connectivity index (χ3v) is 2.77. The molecule has 2 rings (SSSR count). The van der Waals surface area contributed by atoms with Crippen LogP contribution < -0.4 is 16.6 Å². The molecule has 1 heterocycles. The molecule has 18 heavy (non-hydrogen) atoms. The molecule has 0 saturated carbocycles. The van der Waals surface area contributed by atoms with Gasteiger partial charge in [-0.3, -0.25) is 0 Å². The van der Waals surface area contributed by atoms with E-state index in [1.165, 1.54) is 11.1 Å². The summed E-state index contributed by atoms with van der Waals surface area (Å²) in [4.78, 5) is 8.45. The molecular formula is C13H17N5. The van der Waals surface area contributed by atoms with E-state index in [0.717, 1.165) is 11.5 Å². The predicted molar refractivity (Wildman–Crippen MR) is 73.8 cm³/mol. The van der Waals surface area contributed by atoms with Crippen LogP contribution in [0.25, 0.3) is 0 Å². The van der Waals surface area contributed by atoms with Gasteiger partial charge in [-0.15, -0.1) is 0 Å². The number of nitrogens with one attached hydrogen (secondary N) is 2. The number of nitrogen functional groups attached to an aromatic ring is 1. The molecule has 0 aliphatic rings. The van der Waals surface area contributed by atoms with Crippen molar-refractivity contribution in [3.8, 4) is 0 Å². The Morgan fingerprint density at radius 1 is 0.944 bits per heavy atom. The number of benzene rings is 1. The van der Waals surface area contributed by atoms with E-state index in [0.29, 0.717) is 11.6 Å². The molecule has 0 aliphatic carbocycles. The highest BCUT2D eigenvalue weighted by Crippen LogP contribution is 2.19. The summed E-state index contributed by atoms with van der Waals surface area (Å²) in [7, 11) is 0. The first-order valence-electron chi connectivity index (χ1n) is 5.75. The van der Waals surface area contributed by atoms with Gasteiger partial charge in [-0.1, -0.05) is 6.07 Å². The van der Waals surface area contributed by atoms with Gasteiger partial charge in [0.2, 0.25) is 0 Å². The summed E-state index contributed by atoms with van der Waals surface area (Å²) >= 11 is 0. The summed E-state index contributed by atoms with van der Waals surface area (Å²) in [6.07, 6.45) is 0. The van der Waals surface area contributed by atoms with Crippen molar-refractivity contribution >= 4 is 17.3 Å². The Morgan fingerprint density at radius 3 is 2.33 bits per heavy atom. The highest BCUT2D eigenvalue weighted by molar-refractivity contribution is 5.60. The van der Waals surface area contributed by atoms with Gasteiger partial charge in [0, 0.05) is 11.8 Å². The number of aromatic nitrogens is 2. The third kappa shape index (κ3) is 2.75. The van der Waals surface area contributed by atoms with Gasteiger partial charge < -0.3 is 10.7 Å². The molecule has 5 nitrogen and oxygen atoms in total. The smallest absolute Gasteiger partial charge is 0.145 e. The van der Waals surface area contributed by atoms with E-state index in [2.05, 4.69) is 46.7 Å². The third-order valence-electron chi connectivity index (χ3n) is 2.77. The number of hydrazine groups is 1. The zero-order chi connectivity index (χ0) is 13.1. The van der Waals surface area contributed by atoms with Crippen molar-refractivity contribution in [2.75, 3.05) is 10.7 Å². The maximum Gasteiger partial charge on any atom is 0.145 e. The quantitative estimate of drug-likeness (QED) is 0.570. The van der Waals surface area contributed by atoms with Crippen molar-refractivity contribution in [3.05, 3.63) is 41.2 Å². The Hall–Kier alpha value is -2.14. The SMILES string of the molecule is Cc1nc(NN)cc(Nc2ccc(C)c(C)c2)n1. The molecule has 0 atom stereocenters. The van der Waals surface area contributed by atoms with E-state index in [9.17, 15) is 0 Å². The van der Waals surface area contributed by atoms with Crippen molar-refractivity contribution in [1.82, 2.24) is 9.97 Å². The van der Waals surface area contributed by atoms with E-state index in [-0.39, 0.29) is 0 Å². The number of hydrogen-bond acceptors (Lipinski definition) is 5. The van der Waals surface area contributed by atoms with Crippen molar-refractivity contribution in [2.24, 2.45) is 5.84 Å². The standard InChI is InChI=1S/C13H17N5/c1-8-4-5-11(6-9(8)2)17-12-7-13(18-14)16-10(3)15-12/h4-7H,14H2,1-3H3,(H2,15,16,17,18). The molecule has 0 spiro atoms. The summed E-state index contributed by atoms with van der Waals surface area (Å²) in [6.45, 7) is 6.00. The van der Waals surface area contributed by atoms with Crippen LogP contribution in [0.3, 0.4) is 0 Å². The van der Waals surface area contributed by atoms with Crippen molar-refractivity contribution in [2.45, 2.75) is 20.8 Å². The molecule has 1 aromatic carbocycles. The van der Waals surface area contributed by atoms with Crippen molar-refractivity contribution in [1.29, 1.82) is 0 Å². The lowest BCUT2D eigenvalue weighted by Crippen LogP contribution is -2.10. The van der Waals surface area contributed by atoms with Crippen LogP contribution in [0.4, 0.5) is 17.3 Å². The largest absolute Gasteiger partial charge is 0.340 e. The summed E-state index contributed by atoms with van der Waals surface area (Å²) < 4.78 is 0. The number of nitrogens with two attached hydrogens (primary N) is 1. The maximum absolute atomic E-state index is 5.36. The normalized spacial score (nSPS) is 10.2. The van der Waals surface area contributed by atoms with Crippen LogP contribution in [0.1, 0.15) is 17.0 Å². The minimum Gasteiger partial charge on any atom is -0.340 e. The predicted octanol–water partition coefficient (Wildman–Crippen LogP) is 2.43. The van der Waals surface area contributed by atoms with E-state index < -0.39 is 0 Å². The second kappa shape index (κ2) is 5.01.